The zero-order valence-electron chi connectivity index (χ0n) is 21.9. The molecule has 0 bridgehead atoms. The predicted molar refractivity (Wildman–Crippen MR) is 156 cm³/mol. The first-order valence-corrected chi connectivity index (χ1v) is 14.4. The van der Waals surface area contributed by atoms with Crippen molar-refractivity contribution in [1.29, 1.82) is 0 Å². The highest BCUT2D eigenvalue weighted by atomic mass is 32.1. The number of carbonyl (C=O) groups excluding carboxylic acids is 2. The number of benzene rings is 2. The molecule has 0 radical (unpaired) electrons. The maximum atomic E-state index is 13.1. The number of carbonyl (C=O) groups is 2. The molecule has 7 nitrogen and oxygen atoms in total. The maximum Gasteiger partial charge on any atom is 0.265 e. The smallest absolute Gasteiger partial charge is 0.265 e. The van der Waals surface area contributed by atoms with Crippen LogP contribution < -0.4 is 16.0 Å². The second-order valence-corrected chi connectivity index (χ2v) is 11.5. The van der Waals surface area contributed by atoms with Crippen molar-refractivity contribution in [2.75, 3.05) is 17.2 Å². The minimum atomic E-state index is -0.0654. The molecular weight excluding hydrogens is 506 g/mol. The molecule has 1 saturated carbocycles. The Kier molecular flexibility index (Phi) is 7.11. The molecule has 2 aliphatic rings. The first-order valence-electron chi connectivity index (χ1n) is 13.5. The Hall–Kier alpha value is -4.04. The lowest BCUT2D eigenvalue weighted by Crippen LogP contribution is -2.25. The lowest BCUT2D eigenvalue weighted by molar-refractivity contribution is 0.0951. The number of hydrogen-bond donors (Lipinski definition) is 3. The summed E-state index contributed by atoms with van der Waals surface area (Å²) in [6.45, 7) is 2.74. The van der Waals surface area contributed by atoms with Gasteiger partial charge in [-0.15, -0.1) is 11.3 Å². The topological polar surface area (TPSA) is 96.0 Å². The Balaban J connectivity index is 1.15. The summed E-state index contributed by atoms with van der Waals surface area (Å²) in [5.41, 5.74) is 6.14. The van der Waals surface area contributed by atoms with E-state index in [2.05, 4.69) is 27.0 Å². The van der Waals surface area contributed by atoms with Crippen LogP contribution >= 0.6 is 11.3 Å². The standard InChI is InChI=1S/C31H31N5O2S/c1-19-24(6-4-7-25(19)35-30(38)28-17-22-5-2-3-8-27(22)39-28)26-15-16-32-31(36-26)34-23-13-11-21(12-14-23)29(37)33-18-20-9-10-20/h4,6-7,11-17,20H,2-3,5,8-10,18H2,1H3,(H,33,37)(H,35,38)(H,32,34,36). The van der Waals surface area contributed by atoms with E-state index < -0.39 is 0 Å². The van der Waals surface area contributed by atoms with Gasteiger partial charge in [0.15, 0.2) is 0 Å². The van der Waals surface area contributed by atoms with Crippen molar-refractivity contribution in [1.82, 2.24) is 15.3 Å². The van der Waals surface area contributed by atoms with Crippen LogP contribution in [-0.4, -0.2) is 28.3 Å². The number of thiophene rings is 1. The largest absolute Gasteiger partial charge is 0.352 e. The van der Waals surface area contributed by atoms with E-state index >= 15 is 0 Å². The van der Waals surface area contributed by atoms with Gasteiger partial charge in [-0.3, -0.25) is 9.59 Å². The monoisotopic (exact) mass is 537 g/mol. The van der Waals surface area contributed by atoms with E-state index in [1.807, 2.05) is 43.3 Å². The summed E-state index contributed by atoms with van der Waals surface area (Å²) in [6, 6.07) is 17.1. The molecule has 6 rings (SSSR count). The molecule has 2 heterocycles. The van der Waals surface area contributed by atoms with Crippen molar-refractivity contribution in [2.24, 2.45) is 5.92 Å². The van der Waals surface area contributed by atoms with E-state index in [-0.39, 0.29) is 11.8 Å². The summed E-state index contributed by atoms with van der Waals surface area (Å²) in [5, 5.41) is 9.33. The fourth-order valence-electron chi connectivity index (χ4n) is 4.90. The van der Waals surface area contributed by atoms with Gasteiger partial charge in [-0.25, -0.2) is 9.97 Å². The summed E-state index contributed by atoms with van der Waals surface area (Å²) in [5.74, 6) is 0.986. The molecule has 4 aromatic rings. The third kappa shape index (κ3) is 5.86. The fourth-order valence-corrected chi connectivity index (χ4v) is 6.05. The highest BCUT2D eigenvalue weighted by Crippen LogP contribution is 2.32. The second-order valence-electron chi connectivity index (χ2n) is 10.3. The number of fused-ring (bicyclic) bond motifs is 1. The van der Waals surface area contributed by atoms with E-state index in [4.69, 9.17) is 4.98 Å². The number of hydrogen-bond acceptors (Lipinski definition) is 6. The van der Waals surface area contributed by atoms with E-state index in [1.165, 1.54) is 36.1 Å². The van der Waals surface area contributed by atoms with Crippen LogP contribution in [0.2, 0.25) is 0 Å². The Morgan fingerprint density at radius 2 is 1.82 bits per heavy atom. The van der Waals surface area contributed by atoms with E-state index in [0.717, 1.165) is 52.5 Å². The van der Waals surface area contributed by atoms with Crippen LogP contribution in [0.4, 0.5) is 17.3 Å². The lowest BCUT2D eigenvalue weighted by atomic mass is 9.99. The summed E-state index contributed by atoms with van der Waals surface area (Å²) < 4.78 is 0. The normalized spacial score (nSPS) is 14.4. The first-order chi connectivity index (χ1) is 19.0. The van der Waals surface area contributed by atoms with Gasteiger partial charge in [0.1, 0.15) is 0 Å². The molecule has 1 fully saturated rings. The summed E-state index contributed by atoms with van der Waals surface area (Å²) in [7, 11) is 0. The van der Waals surface area contributed by atoms with Crippen LogP contribution in [0.5, 0.6) is 0 Å². The van der Waals surface area contributed by atoms with Crippen molar-refractivity contribution in [3.8, 4) is 11.3 Å². The molecular formula is C31H31N5O2S. The summed E-state index contributed by atoms with van der Waals surface area (Å²) in [6.07, 6.45) is 8.67. The highest BCUT2D eigenvalue weighted by Gasteiger charge is 2.22. The zero-order valence-corrected chi connectivity index (χ0v) is 22.7. The molecule has 8 heteroatoms. The molecule has 39 heavy (non-hydrogen) atoms. The number of aryl methyl sites for hydroxylation is 2. The first kappa shape index (κ1) is 25.2. The third-order valence-electron chi connectivity index (χ3n) is 7.39. The minimum Gasteiger partial charge on any atom is -0.352 e. The Morgan fingerprint density at radius 1 is 1.00 bits per heavy atom. The van der Waals surface area contributed by atoms with Crippen LogP contribution in [0, 0.1) is 12.8 Å². The van der Waals surface area contributed by atoms with Gasteiger partial charge in [0.05, 0.1) is 10.6 Å². The predicted octanol–water partition coefficient (Wildman–Crippen LogP) is 6.53. The van der Waals surface area contributed by atoms with Crippen molar-refractivity contribution in [3.05, 3.63) is 87.2 Å². The molecule has 0 spiro atoms. The van der Waals surface area contributed by atoms with Crippen molar-refractivity contribution >= 4 is 40.5 Å². The molecule has 3 N–H and O–H groups in total. The van der Waals surface area contributed by atoms with Gasteiger partial charge >= 0.3 is 0 Å². The molecule has 2 aromatic carbocycles. The SMILES string of the molecule is Cc1c(NC(=O)c2cc3c(s2)CCCC3)cccc1-c1ccnc(Nc2ccc(C(=O)NCC3CC3)cc2)n1. The zero-order chi connectivity index (χ0) is 26.8. The van der Waals surface area contributed by atoms with E-state index in [0.29, 0.717) is 17.4 Å². The molecule has 0 aliphatic heterocycles. The van der Waals surface area contributed by atoms with Crippen LogP contribution in [0.1, 0.15) is 61.7 Å². The van der Waals surface area contributed by atoms with Gasteiger partial charge < -0.3 is 16.0 Å². The van der Waals surface area contributed by atoms with Crippen molar-refractivity contribution in [2.45, 2.75) is 45.4 Å². The maximum absolute atomic E-state index is 13.1. The molecule has 0 atom stereocenters. The van der Waals surface area contributed by atoms with Gasteiger partial charge in [-0.2, -0.15) is 0 Å². The van der Waals surface area contributed by atoms with Crippen molar-refractivity contribution in [3.63, 3.8) is 0 Å². The molecule has 2 aliphatic carbocycles. The molecule has 198 valence electrons. The Morgan fingerprint density at radius 3 is 2.62 bits per heavy atom. The quantitative estimate of drug-likeness (QED) is 0.238. The molecule has 2 amide bonds. The number of rotatable bonds is 8. The van der Waals surface area contributed by atoms with Gasteiger partial charge in [0.2, 0.25) is 5.95 Å². The number of aromatic nitrogens is 2. The van der Waals surface area contributed by atoms with Gasteiger partial charge in [0.25, 0.3) is 11.8 Å². The van der Waals surface area contributed by atoms with Crippen molar-refractivity contribution < 1.29 is 9.59 Å². The lowest BCUT2D eigenvalue weighted by Gasteiger charge is -2.13. The van der Waals surface area contributed by atoms with Crippen LogP contribution in [0.25, 0.3) is 11.3 Å². The number of nitrogens with zero attached hydrogens (tertiary/aromatic N) is 2. The Bertz CT molecular complexity index is 1500. The number of nitrogens with one attached hydrogen (secondary N) is 3. The van der Waals surface area contributed by atoms with E-state index in [1.54, 1.807) is 29.7 Å². The van der Waals surface area contributed by atoms with E-state index in [9.17, 15) is 9.59 Å². The van der Waals surface area contributed by atoms with Gasteiger partial charge in [-0.1, -0.05) is 12.1 Å². The van der Waals surface area contributed by atoms with Gasteiger partial charge in [-0.05, 0) is 105 Å². The van der Waals surface area contributed by atoms with Crippen LogP contribution in [0.3, 0.4) is 0 Å². The average molecular weight is 538 g/mol. The summed E-state index contributed by atoms with van der Waals surface area (Å²) in [4.78, 5) is 36.6. The molecule has 0 unspecified atom stereocenters. The highest BCUT2D eigenvalue weighted by molar-refractivity contribution is 7.14. The summed E-state index contributed by atoms with van der Waals surface area (Å²) >= 11 is 1.62. The Labute approximate surface area is 232 Å². The number of amides is 2. The molecule has 0 saturated heterocycles. The van der Waals surface area contributed by atoms with Crippen LogP contribution in [-0.2, 0) is 12.8 Å². The minimum absolute atomic E-state index is 0.0483. The van der Waals surface area contributed by atoms with Gasteiger partial charge in [0, 0.05) is 40.1 Å². The van der Waals surface area contributed by atoms with Crippen LogP contribution in [0.15, 0.2) is 60.8 Å². The second kappa shape index (κ2) is 11.0. The average Bonchev–Trinajstić information content (AvgIpc) is 3.69. The molecule has 2 aromatic heterocycles. The number of anilines is 3. The third-order valence-corrected chi connectivity index (χ3v) is 8.62. The fraction of sp³-hybridized carbons (Fsp3) is 0.290.